The molecule has 1 amide bonds. The summed E-state index contributed by atoms with van der Waals surface area (Å²) in [5, 5.41) is 9.34. The smallest absolute Gasteiger partial charge is 0.226 e. The number of carbonyl (C=O) groups is 1. The number of hydrogen-bond acceptors (Lipinski definition) is 3. The first kappa shape index (κ1) is 21.8. The zero-order valence-corrected chi connectivity index (χ0v) is 18.3. The number of aryl methyl sites for hydroxylation is 2. The van der Waals surface area contributed by atoms with Crippen LogP contribution in [0.2, 0.25) is 0 Å². The number of ether oxygens (including phenoxy) is 1. The van der Waals surface area contributed by atoms with Crippen molar-refractivity contribution in [1.82, 2.24) is 10.6 Å². The molecule has 3 N–H and O–H groups in total. The van der Waals surface area contributed by atoms with E-state index in [1.807, 2.05) is 50.2 Å². The highest BCUT2D eigenvalue weighted by Gasteiger charge is 2.07. The molecule has 0 aromatic heterocycles. The number of methoxy groups -OCH3 is 1. The summed E-state index contributed by atoms with van der Waals surface area (Å²) in [5.74, 6) is 1.42. The molecular formula is C21H27BrN4O2. The van der Waals surface area contributed by atoms with Crippen molar-refractivity contribution in [3.63, 3.8) is 0 Å². The molecule has 0 saturated heterocycles. The predicted octanol–water partition coefficient (Wildman–Crippen LogP) is 3.77. The number of rotatable bonds is 7. The van der Waals surface area contributed by atoms with Crippen LogP contribution < -0.4 is 20.7 Å². The van der Waals surface area contributed by atoms with E-state index in [4.69, 9.17) is 4.74 Å². The van der Waals surface area contributed by atoms with Crippen molar-refractivity contribution in [3.8, 4) is 5.75 Å². The predicted molar refractivity (Wildman–Crippen MR) is 118 cm³/mol. The summed E-state index contributed by atoms with van der Waals surface area (Å²) in [6.45, 7) is 5.04. The lowest BCUT2D eigenvalue weighted by molar-refractivity contribution is -0.116. The van der Waals surface area contributed by atoms with Crippen molar-refractivity contribution in [2.45, 2.75) is 26.8 Å². The van der Waals surface area contributed by atoms with Crippen LogP contribution in [0.5, 0.6) is 5.75 Å². The summed E-state index contributed by atoms with van der Waals surface area (Å²) >= 11 is 3.42. The van der Waals surface area contributed by atoms with Gasteiger partial charge in [0.15, 0.2) is 5.96 Å². The Hall–Kier alpha value is -2.54. The van der Waals surface area contributed by atoms with Crippen LogP contribution in [0.3, 0.4) is 0 Å². The van der Waals surface area contributed by atoms with Gasteiger partial charge in [-0.2, -0.15) is 0 Å². The third-order valence-corrected chi connectivity index (χ3v) is 4.72. The molecular weight excluding hydrogens is 420 g/mol. The minimum Gasteiger partial charge on any atom is -0.496 e. The van der Waals surface area contributed by atoms with E-state index in [2.05, 4.69) is 36.9 Å². The highest BCUT2D eigenvalue weighted by Crippen LogP contribution is 2.21. The van der Waals surface area contributed by atoms with E-state index in [0.717, 1.165) is 32.6 Å². The van der Waals surface area contributed by atoms with E-state index in [9.17, 15) is 4.79 Å². The molecule has 0 aliphatic rings. The van der Waals surface area contributed by atoms with E-state index < -0.39 is 0 Å². The van der Waals surface area contributed by atoms with E-state index in [0.29, 0.717) is 25.5 Å². The molecule has 0 heterocycles. The van der Waals surface area contributed by atoms with Gasteiger partial charge in [-0.3, -0.25) is 9.79 Å². The summed E-state index contributed by atoms with van der Waals surface area (Å²) in [6, 6.07) is 11.9. The van der Waals surface area contributed by atoms with Crippen LogP contribution in [0.4, 0.5) is 5.69 Å². The van der Waals surface area contributed by atoms with Gasteiger partial charge in [0.05, 0.1) is 7.11 Å². The van der Waals surface area contributed by atoms with Gasteiger partial charge in [-0.25, -0.2) is 0 Å². The van der Waals surface area contributed by atoms with Crippen molar-refractivity contribution in [2.24, 2.45) is 4.99 Å². The second-order valence-electron chi connectivity index (χ2n) is 6.43. The number of nitrogens with zero attached hydrogens (tertiary/aromatic N) is 1. The van der Waals surface area contributed by atoms with Crippen molar-refractivity contribution in [2.75, 3.05) is 26.0 Å². The summed E-state index contributed by atoms with van der Waals surface area (Å²) in [6.07, 6.45) is 0.334. The molecule has 0 fully saturated rings. The standard InChI is InChI=1S/C21H27BrN4O2/c1-14-5-7-16(19(11-14)28-4)13-25-21(23-3)24-10-9-20(27)26-18-12-17(22)8-6-15(18)2/h5-8,11-12H,9-10,13H2,1-4H3,(H,26,27)(H2,23,24,25). The number of carbonyl (C=O) groups excluding carboxylic acids is 1. The van der Waals surface area contributed by atoms with Crippen LogP contribution in [-0.2, 0) is 11.3 Å². The van der Waals surface area contributed by atoms with Gasteiger partial charge in [-0.1, -0.05) is 34.1 Å². The van der Waals surface area contributed by atoms with Crippen LogP contribution in [0.1, 0.15) is 23.1 Å². The van der Waals surface area contributed by atoms with Crippen LogP contribution in [0.15, 0.2) is 45.9 Å². The molecule has 0 spiro atoms. The number of halogens is 1. The minimum atomic E-state index is -0.0515. The highest BCUT2D eigenvalue weighted by atomic mass is 79.9. The van der Waals surface area contributed by atoms with Crippen LogP contribution in [0, 0.1) is 13.8 Å². The van der Waals surface area contributed by atoms with Crippen molar-refractivity contribution in [1.29, 1.82) is 0 Å². The maximum Gasteiger partial charge on any atom is 0.226 e. The molecule has 0 aliphatic carbocycles. The number of anilines is 1. The number of nitrogens with one attached hydrogen (secondary N) is 3. The van der Waals surface area contributed by atoms with Gasteiger partial charge < -0.3 is 20.7 Å². The van der Waals surface area contributed by atoms with E-state index in [1.54, 1.807) is 14.2 Å². The average Bonchev–Trinajstić information content (AvgIpc) is 2.68. The Labute approximate surface area is 174 Å². The molecule has 28 heavy (non-hydrogen) atoms. The van der Waals surface area contributed by atoms with Crippen molar-refractivity contribution >= 4 is 33.5 Å². The molecule has 0 unspecified atom stereocenters. The fraction of sp³-hybridized carbons (Fsp3) is 0.333. The largest absolute Gasteiger partial charge is 0.496 e. The van der Waals surface area contributed by atoms with Gasteiger partial charge in [0.25, 0.3) is 0 Å². The molecule has 2 aromatic rings. The van der Waals surface area contributed by atoms with E-state index in [1.165, 1.54) is 0 Å². The Morgan fingerprint density at radius 1 is 1.14 bits per heavy atom. The second-order valence-corrected chi connectivity index (χ2v) is 7.34. The zero-order chi connectivity index (χ0) is 20.5. The Morgan fingerprint density at radius 2 is 1.93 bits per heavy atom. The lowest BCUT2D eigenvalue weighted by Gasteiger charge is -2.14. The zero-order valence-electron chi connectivity index (χ0n) is 16.7. The third-order valence-electron chi connectivity index (χ3n) is 4.23. The first-order valence-corrected chi connectivity index (χ1v) is 9.86. The molecule has 0 atom stereocenters. The summed E-state index contributed by atoms with van der Waals surface area (Å²) in [5.41, 5.74) is 4.02. The summed E-state index contributed by atoms with van der Waals surface area (Å²) < 4.78 is 6.36. The SMILES string of the molecule is CN=C(NCCC(=O)Nc1cc(Br)ccc1C)NCc1ccc(C)cc1OC. The third kappa shape index (κ3) is 6.56. The Balaban J connectivity index is 1.81. The van der Waals surface area contributed by atoms with Gasteiger partial charge in [0.2, 0.25) is 5.91 Å². The first-order valence-electron chi connectivity index (χ1n) is 9.07. The van der Waals surface area contributed by atoms with E-state index in [-0.39, 0.29) is 5.91 Å². The summed E-state index contributed by atoms with van der Waals surface area (Å²) in [7, 11) is 3.36. The topological polar surface area (TPSA) is 74.8 Å². The normalized spacial score (nSPS) is 11.1. The highest BCUT2D eigenvalue weighted by molar-refractivity contribution is 9.10. The fourth-order valence-corrected chi connectivity index (χ4v) is 2.99. The molecule has 2 aromatic carbocycles. The van der Waals surface area contributed by atoms with Crippen molar-refractivity contribution in [3.05, 3.63) is 57.6 Å². The Morgan fingerprint density at radius 3 is 2.64 bits per heavy atom. The van der Waals surface area contributed by atoms with Crippen LogP contribution in [0.25, 0.3) is 0 Å². The molecule has 2 rings (SSSR count). The quantitative estimate of drug-likeness (QED) is 0.446. The number of aliphatic imine (C=N–C) groups is 1. The number of benzene rings is 2. The van der Waals surface area contributed by atoms with Gasteiger partial charge in [0.1, 0.15) is 5.75 Å². The van der Waals surface area contributed by atoms with Gasteiger partial charge in [-0.15, -0.1) is 0 Å². The van der Waals surface area contributed by atoms with Crippen molar-refractivity contribution < 1.29 is 9.53 Å². The monoisotopic (exact) mass is 446 g/mol. The Kier molecular flexibility index (Phi) is 8.32. The molecule has 0 saturated carbocycles. The van der Waals surface area contributed by atoms with Gasteiger partial charge >= 0.3 is 0 Å². The number of amides is 1. The van der Waals surface area contributed by atoms with Gasteiger partial charge in [-0.05, 0) is 43.2 Å². The lowest BCUT2D eigenvalue weighted by Crippen LogP contribution is -2.38. The second kappa shape index (κ2) is 10.7. The lowest BCUT2D eigenvalue weighted by atomic mass is 10.1. The van der Waals surface area contributed by atoms with Crippen LogP contribution >= 0.6 is 15.9 Å². The molecule has 0 bridgehead atoms. The minimum absolute atomic E-state index is 0.0515. The molecule has 150 valence electrons. The Bertz CT molecular complexity index is 852. The molecule has 7 heteroatoms. The number of hydrogen-bond donors (Lipinski definition) is 3. The average molecular weight is 447 g/mol. The maximum absolute atomic E-state index is 12.2. The van der Waals surface area contributed by atoms with Crippen LogP contribution in [-0.4, -0.2) is 32.6 Å². The fourth-order valence-electron chi connectivity index (χ4n) is 2.63. The maximum atomic E-state index is 12.2. The summed E-state index contributed by atoms with van der Waals surface area (Å²) in [4.78, 5) is 16.4. The molecule has 6 nitrogen and oxygen atoms in total. The first-order chi connectivity index (χ1) is 13.4. The molecule has 0 radical (unpaired) electrons. The van der Waals surface area contributed by atoms with Gasteiger partial charge in [0, 0.05) is 42.3 Å². The number of guanidine groups is 1. The van der Waals surface area contributed by atoms with E-state index >= 15 is 0 Å². The molecule has 0 aliphatic heterocycles.